The van der Waals surface area contributed by atoms with Crippen molar-refractivity contribution in [2.45, 2.75) is 13.8 Å². The highest BCUT2D eigenvalue weighted by molar-refractivity contribution is 7.14. The number of ether oxygens (including phenoxy) is 2. The lowest BCUT2D eigenvalue weighted by atomic mass is 10.2. The van der Waals surface area contributed by atoms with E-state index in [4.69, 9.17) is 9.47 Å². The molecule has 1 heterocycles. The van der Waals surface area contributed by atoms with Crippen molar-refractivity contribution in [3.63, 3.8) is 0 Å². The van der Waals surface area contributed by atoms with E-state index in [1.54, 1.807) is 12.1 Å². The van der Waals surface area contributed by atoms with Gasteiger partial charge in [0.05, 0.1) is 12.3 Å². The first-order chi connectivity index (χ1) is 12.1. The number of aromatic nitrogens is 1. The fourth-order valence-corrected chi connectivity index (χ4v) is 2.99. The Morgan fingerprint density at radius 2 is 1.76 bits per heavy atom. The Hall–Kier alpha value is -2.86. The maximum Gasteiger partial charge on any atom is 0.308 e. The maximum atomic E-state index is 11.0. The molecule has 3 rings (SSSR count). The van der Waals surface area contributed by atoms with Gasteiger partial charge in [0, 0.05) is 23.6 Å². The van der Waals surface area contributed by atoms with E-state index in [0.29, 0.717) is 12.4 Å². The molecule has 2 aromatic carbocycles. The Morgan fingerprint density at radius 3 is 2.40 bits per heavy atom. The molecule has 1 N–H and O–H groups in total. The van der Waals surface area contributed by atoms with Crippen molar-refractivity contribution < 1.29 is 14.3 Å². The van der Waals surface area contributed by atoms with Gasteiger partial charge in [-0.2, -0.15) is 0 Å². The summed E-state index contributed by atoms with van der Waals surface area (Å²) in [5, 5.41) is 6.08. The molecule has 25 heavy (non-hydrogen) atoms. The third-order valence-electron chi connectivity index (χ3n) is 3.33. The van der Waals surface area contributed by atoms with Crippen molar-refractivity contribution in [2.24, 2.45) is 0 Å². The molecule has 1 aromatic heterocycles. The Bertz CT molecular complexity index is 842. The van der Waals surface area contributed by atoms with Crippen molar-refractivity contribution in [3.05, 3.63) is 53.9 Å². The fraction of sp³-hybridized carbons (Fsp3) is 0.158. The molecule has 0 aliphatic carbocycles. The summed E-state index contributed by atoms with van der Waals surface area (Å²) in [6.45, 7) is 3.99. The standard InChI is InChI=1S/C19H18N2O3S/c1-3-23-16-10-6-15(7-11-16)20-19-21-18(12-25-19)14-4-8-17(9-5-14)24-13(2)22/h4-12H,3H2,1-2H3,(H,20,21). The lowest BCUT2D eigenvalue weighted by Gasteiger charge is -2.05. The average molecular weight is 354 g/mol. The molecular formula is C19H18N2O3S. The topological polar surface area (TPSA) is 60.4 Å². The van der Waals surface area contributed by atoms with Gasteiger partial charge in [-0.3, -0.25) is 4.79 Å². The molecule has 5 nitrogen and oxygen atoms in total. The minimum atomic E-state index is -0.330. The van der Waals surface area contributed by atoms with Crippen LogP contribution in [-0.2, 0) is 4.79 Å². The Morgan fingerprint density at radius 1 is 1.08 bits per heavy atom. The Balaban J connectivity index is 1.68. The van der Waals surface area contributed by atoms with Gasteiger partial charge in [-0.15, -0.1) is 11.3 Å². The normalized spacial score (nSPS) is 10.3. The predicted molar refractivity (Wildman–Crippen MR) is 99.8 cm³/mol. The van der Waals surface area contributed by atoms with Crippen LogP contribution in [0.15, 0.2) is 53.9 Å². The van der Waals surface area contributed by atoms with Gasteiger partial charge >= 0.3 is 5.97 Å². The van der Waals surface area contributed by atoms with Gasteiger partial charge in [-0.1, -0.05) is 0 Å². The van der Waals surface area contributed by atoms with E-state index in [1.807, 2.05) is 48.7 Å². The van der Waals surface area contributed by atoms with Crippen molar-refractivity contribution >= 4 is 28.1 Å². The quantitative estimate of drug-likeness (QED) is 0.505. The summed E-state index contributed by atoms with van der Waals surface area (Å²) in [4.78, 5) is 15.5. The molecule has 6 heteroatoms. The first-order valence-corrected chi connectivity index (χ1v) is 8.76. The number of carbonyl (C=O) groups is 1. The third kappa shape index (κ3) is 4.58. The van der Waals surface area contributed by atoms with Gasteiger partial charge < -0.3 is 14.8 Å². The zero-order valence-electron chi connectivity index (χ0n) is 14.0. The van der Waals surface area contributed by atoms with Crippen LogP contribution in [0, 0.1) is 0 Å². The number of nitrogens with one attached hydrogen (secondary N) is 1. The molecule has 0 spiro atoms. The molecule has 0 radical (unpaired) electrons. The molecule has 0 aliphatic rings. The number of rotatable bonds is 6. The van der Waals surface area contributed by atoms with E-state index in [0.717, 1.165) is 27.8 Å². The molecule has 0 bridgehead atoms. The summed E-state index contributed by atoms with van der Waals surface area (Å²) in [5.41, 5.74) is 2.79. The average Bonchev–Trinajstić information content (AvgIpc) is 3.05. The lowest BCUT2D eigenvalue weighted by Crippen LogP contribution is -2.00. The van der Waals surface area contributed by atoms with E-state index >= 15 is 0 Å². The Labute approximate surface area is 150 Å². The van der Waals surface area contributed by atoms with Crippen LogP contribution < -0.4 is 14.8 Å². The first kappa shape index (κ1) is 17.0. The lowest BCUT2D eigenvalue weighted by molar-refractivity contribution is -0.131. The molecule has 0 fully saturated rings. The summed E-state index contributed by atoms with van der Waals surface area (Å²) < 4.78 is 10.5. The number of anilines is 2. The number of nitrogens with zero attached hydrogens (tertiary/aromatic N) is 1. The molecule has 0 aliphatic heterocycles. The van der Waals surface area contributed by atoms with Gasteiger partial charge in [0.1, 0.15) is 11.5 Å². The smallest absolute Gasteiger partial charge is 0.308 e. The highest BCUT2D eigenvalue weighted by Crippen LogP contribution is 2.28. The van der Waals surface area contributed by atoms with Crippen LogP contribution in [0.25, 0.3) is 11.3 Å². The maximum absolute atomic E-state index is 11.0. The minimum Gasteiger partial charge on any atom is -0.494 e. The van der Waals surface area contributed by atoms with E-state index in [2.05, 4.69) is 10.3 Å². The van der Waals surface area contributed by atoms with Crippen LogP contribution in [0.3, 0.4) is 0 Å². The summed E-state index contributed by atoms with van der Waals surface area (Å²) >= 11 is 1.53. The summed E-state index contributed by atoms with van der Waals surface area (Å²) in [6, 6.07) is 15.1. The van der Waals surface area contributed by atoms with Crippen LogP contribution in [0.5, 0.6) is 11.5 Å². The van der Waals surface area contributed by atoms with Gasteiger partial charge in [0.15, 0.2) is 5.13 Å². The molecule has 3 aromatic rings. The number of carbonyl (C=O) groups excluding carboxylic acids is 1. The Kier molecular flexibility index (Phi) is 5.30. The molecule has 0 saturated carbocycles. The second-order valence-electron chi connectivity index (χ2n) is 5.24. The third-order valence-corrected chi connectivity index (χ3v) is 4.09. The monoisotopic (exact) mass is 354 g/mol. The minimum absolute atomic E-state index is 0.330. The largest absolute Gasteiger partial charge is 0.494 e. The number of hydrogen-bond donors (Lipinski definition) is 1. The van der Waals surface area contributed by atoms with Gasteiger partial charge in [0.2, 0.25) is 0 Å². The van der Waals surface area contributed by atoms with Gasteiger partial charge in [0.25, 0.3) is 0 Å². The SMILES string of the molecule is CCOc1ccc(Nc2nc(-c3ccc(OC(C)=O)cc3)cs2)cc1. The van der Waals surface area contributed by atoms with Crippen molar-refractivity contribution in [1.82, 2.24) is 4.98 Å². The van der Waals surface area contributed by atoms with E-state index in [1.165, 1.54) is 18.3 Å². The van der Waals surface area contributed by atoms with Crippen molar-refractivity contribution in [2.75, 3.05) is 11.9 Å². The molecule has 128 valence electrons. The molecular weight excluding hydrogens is 336 g/mol. The number of benzene rings is 2. The first-order valence-electron chi connectivity index (χ1n) is 7.88. The number of hydrogen-bond acceptors (Lipinski definition) is 6. The molecule has 0 amide bonds. The zero-order chi connectivity index (χ0) is 17.6. The highest BCUT2D eigenvalue weighted by atomic mass is 32.1. The van der Waals surface area contributed by atoms with Crippen molar-refractivity contribution in [3.8, 4) is 22.8 Å². The van der Waals surface area contributed by atoms with Crippen LogP contribution in [0.4, 0.5) is 10.8 Å². The van der Waals surface area contributed by atoms with Gasteiger partial charge in [-0.05, 0) is 55.5 Å². The second-order valence-corrected chi connectivity index (χ2v) is 6.10. The second kappa shape index (κ2) is 7.81. The zero-order valence-corrected chi connectivity index (χ0v) is 14.8. The molecule has 0 saturated heterocycles. The van der Waals surface area contributed by atoms with Crippen molar-refractivity contribution in [1.29, 1.82) is 0 Å². The highest BCUT2D eigenvalue weighted by Gasteiger charge is 2.06. The predicted octanol–water partition coefficient (Wildman–Crippen LogP) is 4.88. The van der Waals surface area contributed by atoms with E-state index in [-0.39, 0.29) is 5.97 Å². The van der Waals surface area contributed by atoms with Gasteiger partial charge in [-0.25, -0.2) is 4.98 Å². The summed E-state index contributed by atoms with van der Waals surface area (Å²) in [5.74, 6) is 1.04. The van der Waals surface area contributed by atoms with E-state index in [9.17, 15) is 4.79 Å². The van der Waals surface area contributed by atoms with Crippen LogP contribution in [0.1, 0.15) is 13.8 Å². The fourth-order valence-electron chi connectivity index (χ4n) is 2.25. The van der Waals surface area contributed by atoms with Crippen LogP contribution in [-0.4, -0.2) is 17.6 Å². The summed E-state index contributed by atoms with van der Waals surface area (Å²) in [6.07, 6.45) is 0. The summed E-state index contributed by atoms with van der Waals surface area (Å²) in [7, 11) is 0. The number of esters is 1. The number of thiazole rings is 1. The van der Waals surface area contributed by atoms with E-state index < -0.39 is 0 Å². The van der Waals surface area contributed by atoms with Crippen LogP contribution >= 0.6 is 11.3 Å². The van der Waals surface area contributed by atoms with Crippen LogP contribution in [0.2, 0.25) is 0 Å². The molecule has 0 atom stereocenters. The molecule has 0 unspecified atom stereocenters.